The predicted molar refractivity (Wildman–Crippen MR) is 75.3 cm³/mol. The molecule has 0 aromatic heterocycles. The number of hydrogen-bond donors (Lipinski definition) is 3. The van der Waals surface area contributed by atoms with Crippen molar-refractivity contribution in [2.24, 2.45) is 0 Å². The molecular weight excluding hydrogens is 244 g/mol. The van der Waals surface area contributed by atoms with E-state index in [1.54, 1.807) is 18.2 Å². The van der Waals surface area contributed by atoms with Crippen LogP contribution in [0, 0.1) is 0 Å². The first kappa shape index (κ1) is 15.5. The van der Waals surface area contributed by atoms with Crippen molar-refractivity contribution in [1.29, 1.82) is 0 Å². The molecular formula is C14H22N2O3. The quantitative estimate of drug-likeness (QED) is 0.624. The number of benzene rings is 1. The summed E-state index contributed by atoms with van der Waals surface area (Å²) < 4.78 is 5.38. The third kappa shape index (κ3) is 5.28. The predicted octanol–water partition coefficient (Wildman–Crippen LogP) is 1.52. The number of ether oxygens (including phenoxy) is 1. The van der Waals surface area contributed by atoms with Crippen molar-refractivity contribution in [2.45, 2.75) is 26.9 Å². The summed E-state index contributed by atoms with van der Waals surface area (Å²) in [5, 5.41) is 15.2. The van der Waals surface area contributed by atoms with E-state index in [9.17, 15) is 9.90 Å². The SMILES string of the molecule is CCNCCC(=O)Nc1ccc(OCC)c(CO)c1. The van der Waals surface area contributed by atoms with E-state index in [-0.39, 0.29) is 12.5 Å². The largest absolute Gasteiger partial charge is 0.494 e. The van der Waals surface area contributed by atoms with Gasteiger partial charge < -0.3 is 20.5 Å². The molecule has 0 fully saturated rings. The fourth-order valence-electron chi connectivity index (χ4n) is 1.68. The molecule has 0 saturated heterocycles. The first-order valence-electron chi connectivity index (χ1n) is 6.58. The molecule has 0 saturated carbocycles. The van der Waals surface area contributed by atoms with Gasteiger partial charge in [-0.05, 0) is 31.7 Å². The molecule has 3 N–H and O–H groups in total. The van der Waals surface area contributed by atoms with Crippen LogP contribution in [0.5, 0.6) is 5.75 Å². The van der Waals surface area contributed by atoms with E-state index in [0.29, 0.717) is 36.6 Å². The molecule has 0 atom stereocenters. The molecule has 5 heteroatoms. The summed E-state index contributed by atoms with van der Waals surface area (Å²) in [6.07, 6.45) is 0.426. The topological polar surface area (TPSA) is 70.6 Å². The van der Waals surface area contributed by atoms with Crippen molar-refractivity contribution >= 4 is 11.6 Å². The number of rotatable bonds is 8. The molecule has 0 bridgehead atoms. The second-order valence-corrected chi connectivity index (χ2v) is 4.07. The summed E-state index contributed by atoms with van der Waals surface area (Å²) in [4.78, 5) is 11.7. The van der Waals surface area contributed by atoms with Crippen LogP contribution in [0.15, 0.2) is 18.2 Å². The number of amides is 1. The Hall–Kier alpha value is -1.59. The van der Waals surface area contributed by atoms with Crippen LogP contribution in [-0.2, 0) is 11.4 Å². The molecule has 1 rings (SSSR count). The highest BCUT2D eigenvalue weighted by Gasteiger charge is 2.06. The summed E-state index contributed by atoms with van der Waals surface area (Å²) in [6, 6.07) is 5.26. The van der Waals surface area contributed by atoms with Gasteiger partial charge >= 0.3 is 0 Å². The zero-order valence-electron chi connectivity index (χ0n) is 11.5. The maximum absolute atomic E-state index is 11.7. The lowest BCUT2D eigenvalue weighted by Crippen LogP contribution is -2.21. The van der Waals surface area contributed by atoms with E-state index in [0.717, 1.165) is 6.54 Å². The number of aliphatic hydroxyl groups excluding tert-OH is 1. The lowest BCUT2D eigenvalue weighted by Gasteiger charge is -2.11. The minimum Gasteiger partial charge on any atom is -0.494 e. The summed E-state index contributed by atoms with van der Waals surface area (Å²) in [6.45, 7) is 5.82. The average molecular weight is 266 g/mol. The molecule has 1 aromatic rings. The Labute approximate surface area is 114 Å². The van der Waals surface area contributed by atoms with Gasteiger partial charge in [-0.25, -0.2) is 0 Å². The van der Waals surface area contributed by atoms with E-state index >= 15 is 0 Å². The lowest BCUT2D eigenvalue weighted by atomic mass is 10.2. The van der Waals surface area contributed by atoms with Crippen molar-refractivity contribution in [3.63, 3.8) is 0 Å². The van der Waals surface area contributed by atoms with Gasteiger partial charge in [0, 0.05) is 24.2 Å². The molecule has 19 heavy (non-hydrogen) atoms. The molecule has 0 spiro atoms. The van der Waals surface area contributed by atoms with Crippen LogP contribution >= 0.6 is 0 Å². The first-order chi connectivity index (χ1) is 9.21. The second-order valence-electron chi connectivity index (χ2n) is 4.07. The maximum atomic E-state index is 11.7. The standard InChI is InChI=1S/C14H22N2O3/c1-3-15-8-7-14(18)16-12-5-6-13(19-4-2)11(9-12)10-17/h5-6,9,15,17H,3-4,7-8,10H2,1-2H3,(H,16,18). The Kier molecular flexibility index (Phi) is 6.92. The van der Waals surface area contributed by atoms with Crippen molar-refractivity contribution in [3.8, 4) is 5.75 Å². The van der Waals surface area contributed by atoms with Crippen LogP contribution in [0.25, 0.3) is 0 Å². The van der Waals surface area contributed by atoms with Crippen molar-refractivity contribution in [2.75, 3.05) is 25.0 Å². The molecule has 1 aromatic carbocycles. The zero-order valence-corrected chi connectivity index (χ0v) is 11.5. The first-order valence-corrected chi connectivity index (χ1v) is 6.58. The van der Waals surface area contributed by atoms with Gasteiger partial charge in [-0.3, -0.25) is 4.79 Å². The molecule has 0 unspecified atom stereocenters. The van der Waals surface area contributed by atoms with E-state index in [1.165, 1.54) is 0 Å². The molecule has 5 nitrogen and oxygen atoms in total. The Morgan fingerprint density at radius 2 is 2.16 bits per heavy atom. The van der Waals surface area contributed by atoms with Crippen LogP contribution in [0.1, 0.15) is 25.8 Å². The summed E-state index contributed by atoms with van der Waals surface area (Å²) in [5.74, 6) is 0.602. The highest BCUT2D eigenvalue weighted by Crippen LogP contribution is 2.23. The van der Waals surface area contributed by atoms with E-state index < -0.39 is 0 Å². The monoisotopic (exact) mass is 266 g/mol. The summed E-state index contributed by atoms with van der Waals surface area (Å²) in [7, 11) is 0. The van der Waals surface area contributed by atoms with Gasteiger partial charge in [0.25, 0.3) is 0 Å². The summed E-state index contributed by atoms with van der Waals surface area (Å²) >= 11 is 0. The van der Waals surface area contributed by atoms with Crippen molar-refractivity contribution in [1.82, 2.24) is 5.32 Å². The Morgan fingerprint density at radius 1 is 1.37 bits per heavy atom. The Bertz CT molecular complexity index is 408. The van der Waals surface area contributed by atoms with Gasteiger partial charge in [0.05, 0.1) is 13.2 Å². The summed E-state index contributed by atoms with van der Waals surface area (Å²) in [5.41, 5.74) is 1.35. The number of anilines is 1. The van der Waals surface area contributed by atoms with Crippen molar-refractivity contribution in [3.05, 3.63) is 23.8 Å². The van der Waals surface area contributed by atoms with Gasteiger partial charge in [0.1, 0.15) is 5.75 Å². The highest BCUT2D eigenvalue weighted by molar-refractivity contribution is 5.91. The minimum atomic E-state index is -0.115. The van der Waals surface area contributed by atoms with E-state index in [4.69, 9.17) is 4.74 Å². The van der Waals surface area contributed by atoms with Crippen LogP contribution in [-0.4, -0.2) is 30.7 Å². The maximum Gasteiger partial charge on any atom is 0.225 e. The van der Waals surface area contributed by atoms with Gasteiger partial charge in [-0.2, -0.15) is 0 Å². The number of carbonyl (C=O) groups excluding carboxylic acids is 1. The van der Waals surface area contributed by atoms with Crippen molar-refractivity contribution < 1.29 is 14.6 Å². The molecule has 0 radical (unpaired) electrons. The highest BCUT2D eigenvalue weighted by atomic mass is 16.5. The fourth-order valence-corrected chi connectivity index (χ4v) is 1.68. The smallest absolute Gasteiger partial charge is 0.225 e. The van der Waals surface area contributed by atoms with Gasteiger partial charge in [-0.15, -0.1) is 0 Å². The number of carbonyl (C=O) groups is 1. The fraction of sp³-hybridized carbons (Fsp3) is 0.500. The third-order valence-electron chi connectivity index (χ3n) is 2.59. The van der Waals surface area contributed by atoms with E-state index in [2.05, 4.69) is 10.6 Å². The molecule has 0 aliphatic rings. The van der Waals surface area contributed by atoms with Crippen LogP contribution < -0.4 is 15.4 Å². The second kappa shape index (κ2) is 8.50. The number of aliphatic hydroxyl groups is 1. The van der Waals surface area contributed by atoms with E-state index in [1.807, 2.05) is 13.8 Å². The van der Waals surface area contributed by atoms with Crippen LogP contribution in [0.3, 0.4) is 0 Å². The average Bonchev–Trinajstić information content (AvgIpc) is 2.41. The normalized spacial score (nSPS) is 10.3. The number of hydrogen-bond acceptors (Lipinski definition) is 4. The zero-order chi connectivity index (χ0) is 14.1. The van der Waals surface area contributed by atoms with Gasteiger partial charge in [0.15, 0.2) is 0 Å². The molecule has 0 aliphatic heterocycles. The Balaban J connectivity index is 2.61. The molecule has 0 aliphatic carbocycles. The minimum absolute atomic E-state index is 0.0472. The Morgan fingerprint density at radius 3 is 2.79 bits per heavy atom. The van der Waals surface area contributed by atoms with Crippen LogP contribution in [0.2, 0.25) is 0 Å². The number of nitrogens with one attached hydrogen (secondary N) is 2. The van der Waals surface area contributed by atoms with Gasteiger partial charge in [-0.1, -0.05) is 6.92 Å². The molecule has 1 amide bonds. The molecule has 0 heterocycles. The molecule has 106 valence electrons. The lowest BCUT2D eigenvalue weighted by molar-refractivity contribution is -0.116. The third-order valence-corrected chi connectivity index (χ3v) is 2.59. The van der Waals surface area contributed by atoms with Crippen LogP contribution in [0.4, 0.5) is 5.69 Å². The van der Waals surface area contributed by atoms with Gasteiger partial charge in [0.2, 0.25) is 5.91 Å².